The summed E-state index contributed by atoms with van der Waals surface area (Å²) < 4.78 is 0. The number of nitro benzene ring substituents is 1. The number of rotatable bonds is 4. The molecule has 0 aromatic heterocycles. The number of carbonyl (C=O) groups is 1. The van der Waals surface area contributed by atoms with Gasteiger partial charge in [0.05, 0.1) is 11.0 Å². The zero-order chi connectivity index (χ0) is 15.4. The van der Waals surface area contributed by atoms with Gasteiger partial charge in [-0.3, -0.25) is 14.9 Å². The minimum Gasteiger partial charge on any atom is -0.345 e. The summed E-state index contributed by atoms with van der Waals surface area (Å²) in [5.74, 6) is -0.491. The molecule has 2 aromatic rings. The lowest BCUT2D eigenvalue weighted by atomic mass is 10.1. The summed E-state index contributed by atoms with van der Waals surface area (Å²) in [5.41, 5.74) is 0.652. The van der Waals surface area contributed by atoms with Gasteiger partial charge in [-0.1, -0.05) is 35.9 Å². The average Bonchev–Trinajstić information content (AvgIpc) is 2.47. The maximum absolute atomic E-state index is 12.2. The third-order valence-electron chi connectivity index (χ3n) is 3.04. The van der Waals surface area contributed by atoms with Crippen molar-refractivity contribution < 1.29 is 9.72 Å². The fraction of sp³-hybridized carbons (Fsp3) is 0.133. The number of hydrogen-bond donors (Lipinski definition) is 1. The van der Waals surface area contributed by atoms with E-state index in [1.54, 1.807) is 31.2 Å². The molecule has 0 saturated carbocycles. The Morgan fingerprint density at radius 1 is 1.24 bits per heavy atom. The number of halogens is 1. The van der Waals surface area contributed by atoms with Crippen LogP contribution in [-0.4, -0.2) is 10.8 Å². The van der Waals surface area contributed by atoms with Crippen molar-refractivity contribution in [2.24, 2.45) is 0 Å². The van der Waals surface area contributed by atoms with Crippen LogP contribution in [0.1, 0.15) is 28.9 Å². The van der Waals surface area contributed by atoms with Crippen molar-refractivity contribution in [1.82, 2.24) is 5.32 Å². The number of hydrogen-bond acceptors (Lipinski definition) is 3. The van der Waals surface area contributed by atoms with Gasteiger partial charge in [0.1, 0.15) is 5.56 Å². The maximum atomic E-state index is 12.2. The zero-order valence-electron chi connectivity index (χ0n) is 11.2. The Hall–Kier alpha value is -2.40. The largest absolute Gasteiger partial charge is 0.345 e. The first-order valence-electron chi connectivity index (χ1n) is 6.29. The summed E-state index contributed by atoms with van der Waals surface area (Å²) >= 11 is 5.91. The summed E-state index contributed by atoms with van der Waals surface area (Å²) in [4.78, 5) is 22.6. The normalized spacial score (nSPS) is 11.7. The minimum atomic E-state index is -0.570. The molecule has 0 aliphatic carbocycles. The second-order valence-electron chi connectivity index (χ2n) is 4.52. The minimum absolute atomic E-state index is 0.0383. The van der Waals surface area contributed by atoms with Crippen LogP contribution in [-0.2, 0) is 0 Å². The van der Waals surface area contributed by atoms with Gasteiger partial charge in [0.25, 0.3) is 11.6 Å². The molecule has 0 spiro atoms. The van der Waals surface area contributed by atoms with Gasteiger partial charge in [-0.05, 0) is 30.7 Å². The number of amides is 1. The van der Waals surface area contributed by atoms with E-state index in [4.69, 9.17) is 11.6 Å². The predicted molar refractivity (Wildman–Crippen MR) is 80.4 cm³/mol. The van der Waals surface area contributed by atoms with Crippen LogP contribution in [0.3, 0.4) is 0 Å². The van der Waals surface area contributed by atoms with Crippen molar-refractivity contribution in [2.75, 3.05) is 0 Å². The maximum Gasteiger partial charge on any atom is 0.282 e. The third-order valence-corrected chi connectivity index (χ3v) is 3.28. The SMILES string of the molecule is CC(NC(=O)c1ccccc1[N+](=O)[O-])c1cccc(Cl)c1. The number of nitrogens with one attached hydrogen (secondary N) is 1. The molecule has 0 saturated heterocycles. The van der Waals surface area contributed by atoms with E-state index >= 15 is 0 Å². The molecule has 0 aliphatic rings. The molecule has 0 aliphatic heterocycles. The lowest BCUT2D eigenvalue weighted by molar-refractivity contribution is -0.385. The topological polar surface area (TPSA) is 72.2 Å². The van der Waals surface area contributed by atoms with E-state index in [0.717, 1.165) is 5.56 Å². The van der Waals surface area contributed by atoms with E-state index in [1.807, 2.05) is 6.07 Å². The van der Waals surface area contributed by atoms with Gasteiger partial charge in [0, 0.05) is 11.1 Å². The summed E-state index contributed by atoms with van der Waals surface area (Å²) in [7, 11) is 0. The second kappa shape index (κ2) is 6.37. The fourth-order valence-corrected chi connectivity index (χ4v) is 2.16. The summed E-state index contributed by atoms with van der Waals surface area (Å²) in [6.07, 6.45) is 0. The fourth-order valence-electron chi connectivity index (χ4n) is 1.96. The van der Waals surface area contributed by atoms with E-state index in [0.29, 0.717) is 5.02 Å². The average molecular weight is 305 g/mol. The van der Waals surface area contributed by atoms with E-state index in [9.17, 15) is 14.9 Å². The molecule has 2 rings (SSSR count). The number of benzene rings is 2. The first-order chi connectivity index (χ1) is 9.99. The van der Waals surface area contributed by atoms with Crippen molar-refractivity contribution >= 4 is 23.2 Å². The van der Waals surface area contributed by atoms with Gasteiger partial charge in [-0.2, -0.15) is 0 Å². The van der Waals surface area contributed by atoms with Crippen LogP contribution in [0.4, 0.5) is 5.69 Å². The summed E-state index contributed by atoms with van der Waals surface area (Å²) in [6.45, 7) is 1.79. The highest BCUT2D eigenvalue weighted by Gasteiger charge is 2.20. The Bertz CT molecular complexity index is 688. The van der Waals surface area contributed by atoms with Crippen LogP contribution >= 0.6 is 11.6 Å². The van der Waals surface area contributed by atoms with E-state index < -0.39 is 10.8 Å². The van der Waals surface area contributed by atoms with Gasteiger partial charge >= 0.3 is 0 Å². The first-order valence-corrected chi connectivity index (χ1v) is 6.66. The number of nitrogens with zero attached hydrogens (tertiary/aromatic N) is 1. The van der Waals surface area contributed by atoms with Gasteiger partial charge in [0.2, 0.25) is 0 Å². The van der Waals surface area contributed by atoms with Crippen LogP contribution in [0, 0.1) is 10.1 Å². The number of carbonyl (C=O) groups excluding carboxylic acids is 1. The molecule has 0 radical (unpaired) electrons. The Labute approximate surface area is 126 Å². The predicted octanol–water partition coefficient (Wildman–Crippen LogP) is 3.74. The lowest BCUT2D eigenvalue weighted by Gasteiger charge is -2.14. The Kier molecular flexibility index (Phi) is 4.55. The first kappa shape index (κ1) is 15.0. The molecular weight excluding hydrogens is 292 g/mol. The molecule has 0 fully saturated rings. The highest BCUT2D eigenvalue weighted by molar-refractivity contribution is 6.30. The summed E-state index contributed by atoms with van der Waals surface area (Å²) in [6, 6.07) is 12.6. The molecule has 6 heteroatoms. The number of para-hydroxylation sites is 1. The highest BCUT2D eigenvalue weighted by atomic mass is 35.5. The molecule has 1 unspecified atom stereocenters. The lowest BCUT2D eigenvalue weighted by Crippen LogP contribution is -2.27. The zero-order valence-corrected chi connectivity index (χ0v) is 12.0. The molecule has 1 amide bonds. The van der Waals surface area contributed by atoms with Gasteiger partial charge in [-0.25, -0.2) is 0 Å². The van der Waals surface area contributed by atoms with Crippen LogP contribution < -0.4 is 5.32 Å². The number of nitro groups is 1. The Morgan fingerprint density at radius 2 is 1.95 bits per heavy atom. The smallest absolute Gasteiger partial charge is 0.282 e. The Morgan fingerprint density at radius 3 is 2.62 bits per heavy atom. The molecule has 1 N–H and O–H groups in total. The van der Waals surface area contributed by atoms with Crippen molar-refractivity contribution in [1.29, 1.82) is 0 Å². The molecule has 0 heterocycles. The molecule has 5 nitrogen and oxygen atoms in total. The molecule has 2 aromatic carbocycles. The molecular formula is C15H13ClN2O3. The van der Waals surface area contributed by atoms with Crippen molar-refractivity contribution in [3.8, 4) is 0 Å². The molecule has 21 heavy (non-hydrogen) atoms. The van der Waals surface area contributed by atoms with Gasteiger partial charge in [-0.15, -0.1) is 0 Å². The van der Waals surface area contributed by atoms with E-state index in [-0.39, 0.29) is 17.3 Å². The monoisotopic (exact) mass is 304 g/mol. The van der Waals surface area contributed by atoms with Gasteiger partial charge < -0.3 is 5.32 Å². The molecule has 0 bridgehead atoms. The van der Waals surface area contributed by atoms with Crippen molar-refractivity contribution in [3.05, 3.63) is 74.8 Å². The van der Waals surface area contributed by atoms with E-state index in [2.05, 4.69) is 5.32 Å². The van der Waals surface area contributed by atoms with Crippen LogP contribution in [0.25, 0.3) is 0 Å². The quantitative estimate of drug-likeness (QED) is 0.691. The van der Waals surface area contributed by atoms with Gasteiger partial charge in [0.15, 0.2) is 0 Å². The molecule has 108 valence electrons. The van der Waals surface area contributed by atoms with Crippen molar-refractivity contribution in [2.45, 2.75) is 13.0 Å². The summed E-state index contributed by atoms with van der Waals surface area (Å²) in [5, 5.41) is 14.2. The molecule has 1 atom stereocenters. The highest BCUT2D eigenvalue weighted by Crippen LogP contribution is 2.21. The second-order valence-corrected chi connectivity index (χ2v) is 4.96. The third kappa shape index (κ3) is 3.58. The van der Waals surface area contributed by atoms with Crippen LogP contribution in [0.2, 0.25) is 5.02 Å². The standard InChI is InChI=1S/C15H13ClN2O3/c1-10(11-5-4-6-12(16)9-11)17-15(19)13-7-2-3-8-14(13)18(20)21/h2-10H,1H3,(H,17,19). The van der Waals surface area contributed by atoms with Crippen LogP contribution in [0.5, 0.6) is 0 Å². The van der Waals surface area contributed by atoms with Crippen molar-refractivity contribution in [3.63, 3.8) is 0 Å². The van der Waals surface area contributed by atoms with Crippen LogP contribution in [0.15, 0.2) is 48.5 Å². The Balaban J connectivity index is 2.20. The van der Waals surface area contributed by atoms with E-state index in [1.165, 1.54) is 18.2 Å².